The van der Waals surface area contributed by atoms with Gasteiger partial charge in [0.05, 0.1) is 6.04 Å². The Morgan fingerprint density at radius 2 is 1.67 bits per heavy atom. The molecule has 4 nitrogen and oxygen atoms in total. The Balaban J connectivity index is 1.52. The highest BCUT2D eigenvalue weighted by molar-refractivity contribution is 5.70. The topological polar surface area (TPSA) is 55.6 Å². The van der Waals surface area contributed by atoms with E-state index in [1.54, 1.807) is 29.2 Å². The average molecular weight is 454 g/mol. The van der Waals surface area contributed by atoms with Crippen LogP contribution in [0.5, 0.6) is 0 Å². The maximum atomic E-state index is 14.1. The summed E-state index contributed by atoms with van der Waals surface area (Å²) >= 11 is 0. The molecule has 0 aromatic heterocycles. The van der Waals surface area contributed by atoms with Gasteiger partial charge < -0.3 is 15.4 Å². The van der Waals surface area contributed by atoms with Gasteiger partial charge in [0, 0.05) is 31.0 Å². The van der Waals surface area contributed by atoms with Crippen molar-refractivity contribution in [2.24, 2.45) is 5.73 Å². The summed E-state index contributed by atoms with van der Waals surface area (Å²) in [7, 11) is 0. The van der Waals surface area contributed by atoms with Crippen molar-refractivity contribution in [3.8, 4) is 11.1 Å². The van der Waals surface area contributed by atoms with Crippen LogP contribution in [0.25, 0.3) is 11.1 Å². The van der Waals surface area contributed by atoms with Crippen molar-refractivity contribution in [3.63, 3.8) is 0 Å². The number of rotatable bonds is 6. The molecule has 3 aromatic rings. The summed E-state index contributed by atoms with van der Waals surface area (Å²) < 4.78 is 46.6. The number of carbonyl (C=O) groups excluding carboxylic acids is 1. The van der Waals surface area contributed by atoms with Gasteiger partial charge in [0.2, 0.25) is 0 Å². The third kappa shape index (κ3) is 4.59. The molecular formula is C26H25F3N2O2. The van der Waals surface area contributed by atoms with Gasteiger partial charge in [0.15, 0.2) is 0 Å². The van der Waals surface area contributed by atoms with Crippen molar-refractivity contribution < 1.29 is 22.7 Å². The zero-order valence-corrected chi connectivity index (χ0v) is 18.2. The molecule has 1 aliphatic heterocycles. The monoisotopic (exact) mass is 454 g/mol. The van der Waals surface area contributed by atoms with Crippen molar-refractivity contribution in [2.75, 3.05) is 13.1 Å². The predicted molar refractivity (Wildman–Crippen MR) is 120 cm³/mol. The van der Waals surface area contributed by atoms with Crippen LogP contribution in [0.3, 0.4) is 0 Å². The molecule has 1 unspecified atom stereocenters. The van der Waals surface area contributed by atoms with Crippen LogP contribution in [0, 0.1) is 17.5 Å². The standard InChI is InChI=1S/C26H25F3N2O2/c1-17(18-2-4-19(5-3-18)23-11-10-22(28)16-24(23)29)31-15-13-26(12-14-30,33-25(31)32)20-6-8-21(27)9-7-20/h2-11,16-17H,12-15,30H2,1H3/t17-,26?/m0/s1. The molecular weight excluding hydrogens is 429 g/mol. The summed E-state index contributed by atoms with van der Waals surface area (Å²) in [6.45, 7) is 2.65. The molecule has 1 amide bonds. The summed E-state index contributed by atoms with van der Waals surface area (Å²) in [6, 6.07) is 16.3. The highest BCUT2D eigenvalue weighted by Crippen LogP contribution is 2.39. The van der Waals surface area contributed by atoms with Gasteiger partial charge in [0.1, 0.15) is 23.1 Å². The van der Waals surface area contributed by atoms with Crippen molar-refractivity contribution in [1.82, 2.24) is 4.90 Å². The van der Waals surface area contributed by atoms with Gasteiger partial charge in [-0.3, -0.25) is 0 Å². The highest BCUT2D eigenvalue weighted by Gasteiger charge is 2.43. The first-order chi connectivity index (χ1) is 15.8. The van der Waals surface area contributed by atoms with E-state index >= 15 is 0 Å². The molecule has 0 saturated carbocycles. The predicted octanol–water partition coefficient (Wildman–Crippen LogP) is 5.92. The molecule has 4 rings (SSSR count). The van der Waals surface area contributed by atoms with E-state index < -0.39 is 23.3 Å². The first-order valence-corrected chi connectivity index (χ1v) is 10.8. The Morgan fingerprint density at radius 1 is 1.00 bits per heavy atom. The molecule has 0 aliphatic carbocycles. The van der Waals surface area contributed by atoms with Gasteiger partial charge in [-0.1, -0.05) is 36.4 Å². The van der Waals surface area contributed by atoms with E-state index in [1.165, 1.54) is 24.3 Å². The molecule has 172 valence electrons. The quantitative estimate of drug-likeness (QED) is 0.503. The van der Waals surface area contributed by atoms with Crippen LogP contribution in [-0.4, -0.2) is 24.1 Å². The molecule has 0 spiro atoms. The molecule has 33 heavy (non-hydrogen) atoms. The highest BCUT2D eigenvalue weighted by atomic mass is 19.1. The molecule has 1 saturated heterocycles. The van der Waals surface area contributed by atoms with Crippen LogP contribution in [0.1, 0.15) is 36.9 Å². The van der Waals surface area contributed by atoms with Crippen LogP contribution in [-0.2, 0) is 10.3 Å². The number of hydrogen-bond acceptors (Lipinski definition) is 3. The number of amides is 1. The lowest BCUT2D eigenvalue weighted by molar-refractivity contribution is -0.0640. The maximum absolute atomic E-state index is 14.1. The Bertz CT molecular complexity index is 1140. The number of halogens is 3. The average Bonchev–Trinajstić information content (AvgIpc) is 2.79. The Kier molecular flexibility index (Phi) is 6.42. The van der Waals surface area contributed by atoms with Crippen molar-refractivity contribution in [3.05, 3.63) is 95.3 Å². The Hall–Kier alpha value is -3.32. The van der Waals surface area contributed by atoms with Crippen LogP contribution in [0.15, 0.2) is 66.7 Å². The number of hydrogen-bond donors (Lipinski definition) is 1. The van der Waals surface area contributed by atoms with Gasteiger partial charge in [-0.25, -0.2) is 18.0 Å². The van der Waals surface area contributed by atoms with Crippen molar-refractivity contribution in [1.29, 1.82) is 0 Å². The Labute approximate surface area is 190 Å². The smallest absolute Gasteiger partial charge is 0.411 e. The fourth-order valence-electron chi connectivity index (χ4n) is 4.38. The summed E-state index contributed by atoms with van der Waals surface area (Å²) in [5.41, 5.74) is 7.40. The molecule has 1 fully saturated rings. The summed E-state index contributed by atoms with van der Waals surface area (Å²) in [4.78, 5) is 14.6. The molecule has 0 bridgehead atoms. The number of nitrogens with two attached hydrogens (primary N) is 1. The number of benzene rings is 3. The van der Waals surface area contributed by atoms with E-state index in [-0.39, 0.29) is 11.9 Å². The second-order valence-electron chi connectivity index (χ2n) is 8.27. The lowest BCUT2D eigenvalue weighted by atomic mass is 9.85. The van der Waals surface area contributed by atoms with E-state index in [0.29, 0.717) is 37.1 Å². The number of nitrogens with zero attached hydrogens (tertiary/aromatic N) is 1. The normalized spacial score (nSPS) is 19.3. The number of cyclic esters (lactones) is 1. The minimum Gasteiger partial charge on any atom is -0.438 e. The zero-order valence-electron chi connectivity index (χ0n) is 18.2. The largest absolute Gasteiger partial charge is 0.438 e. The van der Waals surface area contributed by atoms with Crippen LogP contribution in [0.2, 0.25) is 0 Å². The van der Waals surface area contributed by atoms with E-state index in [4.69, 9.17) is 10.5 Å². The first kappa shape index (κ1) is 22.9. The van der Waals surface area contributed by atoms with Gasteiger partial charge in [-0.05, 0) is 54.4 Å². The lowest BCUT2D eigenvalue weighted by Crippen LogP contribution is -2.49. The summed E-state index contributed by atoms with van der Waals surface area (Å²) in [5.74, 6) is -1.62. The van der Waals surface area contributed by atoms with Gasteiger partial charge in [0.25, 0.3) is 0 Å². The number of ether oxygens (including phenoxy) is 1. The first-order valence-electron chi connectivity index (χ1n) is 10.8. The molecule has 2 N–H and O–H groups in total. The van der Waals surface area contributed by atoms with E-state index in [1.807, 2.05) is 19.1 Å². The van der Waals surface area contributed by atoms with Crippen LogP contribution >= 0.6 is 0 Å². The molecule has 3 aromatic carbocycles. The van der Waals surface area contributed by atoms with Gasteiger partial charge in [-0.2, -0.15) is 0 Å². The minimum absolute atomic E-state index is 0.284. The van der Waals surface area contributed by atoms with Gasteiger partial charge >= 0.3 is 6.09 Å². The third-order valence-corrected chi connectivity index (χ3v) is 6.29. The van der Waals surface area contributed by atoms with E-state index in [2.05, 4.69) is 0 Å². The minimum atomic E-state index is -0.889. The fourth-order valence-corrected chi connectivity index (χ4v) is 4.38. The summed E-state index contributed by atoms with van der Waals surface area (Å²) in [5, 5.41) is 0. The second-order valence-corrected chi connectivity index (χ2v) is 8.27. The maximum Gasteiger partial charge on any atom is 0.411 e. The van der Waals surface area contributed by atoms with E-state index in [0.717, 1.165) is 17.2 Å². The Morgan fingerprint density at radius 3 is 2.27 bits per heavy atom. The SMILES string of the molecule is C[C@@H](c1ccc(-c2ccc(F)cc2F)cc1)N1CCC(CCN)(c2ccc(F)cc2)OC1=O. The summed E-state index contributed by atoms with van der Waals surface area (Å²) in [6.07, 6.45) is 0.482. The third-order valence-electron chi connectivity index (χ3n) is 6.29. The van der Waals surface area contributed by atoms with Crippen molar-refractivity contribution >= 4 is 6.09 Å². The molecule has 0 radical (unpaired) electrons. The van der Waals surface area contributed by atoms with Gasteiger partial charge in [-0.15, -0.1) is 0 Å². The fraction of sp³-hybridized carbons (Fsp3) is 0.269. The van der Waals surface area contributed by atoms with E-state index in [9.17, 15) is 18.0 Å². The molecule has 1 heterocycles. The van der Waals surface area contributed by atoms with Crippen LogP contribution < -0.4 is 5.73 Å². The number of carbonyl (C=O) groups is 1. The van der Waals surface area contributed by atoms with Crippen molar-refractivity contribution in [2.45, 2.75) is 31.4 Å². The van der Waals surface area contributed by atoms with Crippen LogP contribution in [0.4, 0.5) is 18.0 Å². The molecule has 1 aliphatic rings. The lowest BCUT2D eigenvalue weighted by Gasteiger charge is -2.43. The zero-order chi connectivity index (χ0) is 23.6. The molecule has 7 heteroatoms. The molecule has 2 atom stereocenters. The second kappa shape index (κ2) is 9.27.